The topological polar surface area (TPSA) is 59.2 Å². The number of rotatable bonds is 4. The molecular weight excluding hydrogens is 290 g/mol. The van der Waals surface area contributed by atoms with Gasteiger partial charge in [0.25, 0.3) is 0 Å². The number of aryl methyl sites for hydroxylation is 2. The van der Waals surface area contributed by atoms with E-state index in [1.807, 2.05) is 50.2 Å². The van der Waals surface area contributed by atoms with Gasteiger partial charge in [-0.3, -0.25) is 4.79 Å². The molecule has 0 radical (unpaired) electrons. The van der Waals surface area contributed by atoms with Gasteiger partial charge in [-0.2, -0.15) is 0 Å². The smallest absolute Gasteiger partial charge is 0.338 e. The highest BCUT2D eigenvalue weighted by Gasteiger charge is 2.16. The fourth-order valence-electron chi connectivity index (χ4n) is 2.54. The molecular formula is C19H17NO3. The van der Waals surface area contributed by atoms with Crippen molar-refractivity contribution in [2.45, 2.75) is 13.8 Å². The summed E-state index contributed by atoms with van der Waals surface area (Å²) in [5.41, 5.74) is 3.73. The summed E-state index contributed by atoms with van der Waals surface area (Å²) < 4.78 is 5.20. The largest absolute Gasteiger partial charge is 0.454 e. The summed E-state index contributed by atoms with van der Waals surface area (Å²) in [6.07, 6.45) is 1.65. The normalized spacial score (nSPS) is 10.7. The Hall–Kier alpha value is -2.88. The number of para-hydroxylation sites is 1. The van der Waals surface area contributed by atoms with Crippen molar-refractivity contribution in [2.75, 3.05) is 6.61 Å². The molecule has 0 saturated heterocycles. The summed E-state index contributed by atoms with van der Waals surface area (Å²) in [6, 6.07) is 13.1. The predicted molar refractivity (Wildman–Crippen MR) is 88.8 cm³/mol. The zero-order valence-electron chi connectivity index (χ0n) is 13.1. The third-order valence-corrected chi connectivity index (χ3v) is 3.84. The average Bonchev–Trinajstić information content (AvgIpc) is 2.98. The second kappa shape index (κ2) is 6.08. The van der Waals surface area contributed by atoms with Gasteiger partial charge in [-0.05, 0) is 31.5 Å². The van der Waals surface area contributed by atoms with Crippen molar-refractivity contribution in [3.63, 3.8) is 0 Å². The number of ether oxygens (including phenoxy) is 1. The Morgan fingerprint density at radius 1 is 1.04 bits per heavy atom. The van der Waals surface area contributed by atoms with Crippen molar-refractivity contribution in [1.82, 2.24) is 4.98 Å². The van der Waals surface area contributed by atoms with Gasteiger partial charge in [-0.15, -0.1) is 0 Å². The number of hydrogen-bond donors (Lipinski definition) is 1. The molecule has 1 N–H and O–H groups in total. The molecule has 0 aliphatic heterocycles. The maximum atomic E-state index is 12.3. The number of benzene rings is 2. The van der Waals surface area contributed by atoms with Crippen LogP contribution in [0.15, 0.2) is 48.7 Å². The van der Waals surface area contributed by atoms with Crippen LogP contribution >= 0.6 is 0 Å². The Morgan fingerprint density at radius 2 is 1.83 bits per heavy atom. The van der Waals surface area contributed by atoms with Crippen LogP contribution in [-0.4, -0.2) is 23.3 Å². The standard InChI is InChI=1S/C19H17NO3/c1-12-7-8-13(2)15(9-12)19(22)23-11-18(21)16-10-20-17-6-4-3-5-14(16)17/h3-10,20H,11H2,1-2H3. The molecule has 4 heteroatoms. The summed E-state index contributed by atoms with van der Waals surface area (Å²) >= 11 is 0. The van der Waals surface area contributed by atoms with Gasteiger partial charge in [-0.25, -0.2) is 4.79 Å². The van der Waals surface area contributed by atoms with E-state index in [0.29, 0.717) is 11.1 Å². The van der Waals surface area contributed by atoms with E-state index in [-0.39, 0.29) is 12.4 Å². The number of hydrogen-bond acceptors (Lipinski definition) is 3. The molecule has 0 aliphatic rings. The highest BCUT2D eigenvalue weighted by atomic mass is 16.5. The molecule has 23 heavy (non-hydrogen) atoms. The molecule has 3 rings (SSSR count). The number of esters is 1. The molecule has 1 heterocycles. The molecule has 1 aromatic heterocycles. The van der Waals surface area contributed by atoms with Crippen LogP contribution in [0.1, 0.15) is 31.8 Å². The first-order chi connectivity index (χ1) is 11.1. The van der Waals surface area contributed by atoms with E-state index in [9.17, 15) is 9.59 Å². The van der Waals surface area contributed by atoms with Gasteiger partial charge in [0.2, 0.25) is 5.78 Å². The number of aromatic nitrogens is 1. The van der Waals surface area contributed by atoms with Crippen molar-refractivity contribution in [3.8, 4) is 0 Å². The van der Waals surface area contributed by atoms with Crippen LogP contribution in [0, 0.1) is 13.8 Å². The summed E-state index contributed by atoms with van der Waals surface area (Å²) in [4.78, 5) is 27.5. The summed E-state index contributed by atoms with van der Waals surface area (Å²) in [5, 5.41) is 0.834. The van der Waals surface area contributed by atoms with Gasteiger partial charge in [0.1, 0.15) is 0 Å². The van der Waals surface area contributed by atoms with Crippen LogP contribution in [-0.2, 0) is 4.74 Å². The van der Waals surface area contributed by atoms with E-state index in [1.54, 1.807) is 12.3 Å². The summed E-state index contributed by atoms with van der Waals surface area (Å²) in [5.74, 6) is -0.694. The Bertz CT molecular complexity index is 893. The zero-order chi connectivity index (χ0) is 16.4. The monoisotopic (exact) mass is 307 g/mol. The van der Waals surface area contributed by atoms with Crippen LogP contribution in [0.25, 0.3) is 10.9 Å². The highest BCUT2D eigenvalue weighted by Crippen LogP contribution is 2.18. The maximum Gasteiger partial charge on any atom is 0.338 e. The third kappa shape index (κ3) is 3.01. The van der Waals surface area contributed by atoms with E-state index in [2.05, 4.69) is 4.98 Å². The molecule has 0 unspecified atom stereocenters. The molecule has 0 fully saturated rings. The van der Waals surface area contributed by atoms with E-state index < -0.39 is 5.97 Å². The van der Waals surface area contributed by atoms with Gasteiger partial charge in [0.15, 0.2) is 6.61 Å². The minimum Gasteiger partial charge on any atom is -0.454 e. The Kier molecular flexibility index (Phi) is 3.98. The third-order valence-electron chi connectivity index (χ3n) is 3.84. The van der Waals surface area contributed by atoms with Crippen LogP contribution in [0.3, 0.4) is 0 Å². The van der Waals surface area contributed by atoms with Crippen molar-refractivity contribution in [1.29, 1.82) is 0 Å². The number of nitrogens with one attached hydrogen (secondary N) is 1. The number of H-pyrrole nitrogens is 1. The van der Waals surface area contributed by atoms with Gasteiger partial charge >= 0.3 is 5.97 Å². The van der Waals surface area contributed by atoms with Crippen molar-refractivity contribution < 1.29 is 14.3 Å². The molecule has 2 aromatic carbocycles. The lowest BCUT2D eigenvalue weighted by molar-refractivity contribution is 0.0474. The quantitative estimate of drug-likeness (QED) is 0.589. The van der Waals surface area contributed by atoms with Gasteiger partial charge < -0.3 is 9.72 Å². The maximum absolute atomic E-state index is 12.3. The number of fused-ring (bicyclic) bond motifs is 1. The summed E-state index contributed by atoms with van der Waals surface area (Å²) in [6.45, 7) is 3.49. The predicted octanol–water partition coefficient (Wildman–Crippen LogP) is 3.82. The molecule has 0 spiro atoms. The molecule has 0 amide bonds. The zero-order valence-corrected chi connectivity index (χ0v) is 13.1. The minimum atomic E-state index is -0.473. The Labute approximate surface area is 134 Å². The molecule has 0 bridgehead atoms. The first-order valence-corrected chi connectivity index (χ1v) is 7.40. The first-order valence-electron chi connectivity index (χ1n) is 7.40. The van der Waals surface area contributed by atoms with Crippen molar-refractivity contribution >= 4 is 22.7 Å². The SMILES string of the molecule is Cc1ccc(C)c(C(=O)OCC(=O)c2c[nH]c3ccccc23)c1. The second-order valence-electron chi connectivity index (χ2n) is 5.57. The molecule has 116 valence electrons. The van der Waals surface area contributed by atoms with Crippen LogP contribution in [0.5, 0.6) is 0 Å². The first kappa shape index (κ1) is 15.0. The van der Waals surface area contributed by atoms with Crippen molar-refractivity contribution in [3.05, 3.63) is 70.9 Å². The van der Waals surface area contributed by atoms with Crippen LogP contribution < -0.4 is 0 Å². The number of ketones is 1. The van der Waals surface area contributed by atoms with Crippen LogP contribution in [0.2, 0.25) is 0 Å². The molecule has 3 aromatic rings. The molecule has 4 nitrogen and oxygen atoms in total. The van der Waals surface area contributed by atoms with Gasteiger partial charge in [0, 0.05) is 22.7 Å². The second-order valence-corrected chi connectivity index (χ2v) is 5.57. The number of carbonyl (C=O) groups is 2. The number of aromatic amines is 1. The van der Waals surface area contributed by atoms with Crippen LogP contribution in [0.4, 0.5) is 0 Å². The fraction of sp³-hybridized carbons (Fsp3) is 0.158. The Balaban J connectivity index is 1.74. The molecule has 0 aliphatic carbocycles. The lowest BCUT2D eigenvalue weighted by Gasteiger charge is -2.07. The highest BCUT2D eigenvalue weighted by molar-refractivity contribution is 6.09. The van der Waals surface area contributed by atoms with E-state index >= 15 is 0 Å². The van der Waals surface area contributed by atoms with E-state index in [1.165, 1.54) is 0 Å². The average molecular weight is 307 g/mol. The van der Waals surface area contributed by atoms with E-state index in [4.69, 9.17) is 4.74 Å². The Morgan fingerprint density at radius 3 is 2.65 bits per heavy atom. The lowest BCUT2D eigenvalue weighted by atomic mass is 10.1. The minimum absolute atomic E-state index is 0.221. The summed E-state index contributed by atoms with van der Waals surface area (Å²) in [7, 11) is 0. The number of Topliss-reactive ketones (excluding diaryl/α,β-unsaturated/α-hetero) is 1. The van der Waals surface area contributed by atoms with E-state index in [0.717, 1.165) is 22.0 Å². The fourth-order valence-corrected chi connectivity index (χ4v) is 2.54. The van der Waals surface area contributed by atoms with Crippen molar-refractivity contribution in [2.24, 2.45) is 0 Å². The van der Waals surface area contributed by atoms with Gasteiger partial charge in [-0.1, -0.05) is 35.9 Å². The number of carbonyl (C=O) groups excluding carboxylic acids is 2. The lowest BCUT2D eigenvalue weighted by Crippen LogP contribution is -2.15. The molecule has 0 atom stereocenters. The van der Waals surface area contributed by atoms with Gasteiger partial charge in [0.05, 0.1) is 5.56 Å². The molecule has 0 saturated carbocycles.